The smallest absolute Gasteiger partial charge is 0.370 e. The molecule has 1 aromatic carbocycles. The molecule has 0 fully saturated rings. The molecule has 124 valence electrons. The summed E-state index contributed by atoms with van der Waals surface area (Å²) in [6, 6.07) is 6.02. The number of sulfone groups is 1. The Morgan fingerprint density at radius 3 is 2.59 bits per heavy atom. The zero-order valence-corrected chi connectivity index (χ0v) is 12.6. The number of carbonyl (C=O) groups is 1. The van der Waals surface area contributed by atoms with Crippen LogP contribution in [0.1, 0.15) is 15.9 Å². The van der Waals surface area contributed by atoms with Crippen LogP contribution in [0.3, 0.4) is 0 Å². The van der Waals surface area contributed by atoms with E-state index < -0.39 is 28.5 Å². The lowest BCUT2D eigenvalue weighted by Crippen LogP contribution is -2.29. The van der Waals surface area contributed by atoms with Crippen molar-refractivity contribution in [1.82, 2.24) is 5.32 Å². The monoisotopic (exact) mass is 339 g/mol. The van der Waals surface area contributed by atoms with Crippen LogP contribution in [0.5, 0.6) is 0 Å². The van der Waals surface area contributed by atoms with Gasteiger partial charge >= 0.3 is 6.18 Å². The molecular formula is C13H16F3NO4S. The molecule has 22 heavy (non-hydrogen) atoms. The van der Waals surface area contributed by atoms with Crippen molar-refractivity contribution >= 4 is 15.7 Å². The van der Waals surface area contributed by atoms with Gasteiger partial charge in [0.2, 0.25) is 0 Å². The molecule has 0 heterocycles. The van der Waals surface area contributed by atoms with Gasteiger partial charge < -0.3 is 10.1 Å². The summed E-state index contributed by atoms with van der Waals surface area (Å²) in [7, 11) is -3.22. The Bertz CT molecular complexity index is 614. The molecule has 0 aliphatic carbocycles. The van der Waals surface area contributed by atoms with Gasteiger partial charge in [0, 0.05) is 18.4 Å². The molecule has 1 aromatic rings. The normalized spacial score (nSPS) is 12.2. The van der Waals surface area contributed by atoms with Crippen LogP contribution >= 0.6 is 0 Å². The number of ether oxygens (including phenoxy) is 1. The Morgan fingerprint density at radius 2 is 2.00 bits per heavy atom. The van der Waals surface area contributed by atoms with Gasteiger partial charge in [-0.3, -0.25) is 4.79 Å². The van der Waals surface area contributed by atoms with Gasteiger partial charge in [-0.1, -0.05) is 12.1 Å². The van der Waals surface area contributed by atoms with Crippen LogP contribution in [-0.4, -0.2) is 46.5 Å². The fourth-order valence-corrected chi connectivity index (χ4v) is 2.42. The number of nitrogens with one attached hydrogen (secondary N) is 1. The van der Waals surface area contributed by atoms with Crippen LogP contribution in [0.2, 0.25) is 0 Å². The number of alkyl halides is 3. The zero-order valence-electron chi connectivity index (χ0n) is 11.8. The summed E-state index contributed by atoms with van der Waals surface area (Å²) >= 11 is 0. The minimum atomic E-state index is -4.40. The Hall–Kier alpha value is -1.61. The molecule has 0 radical (unpaired) electrons. The molecule has 0 bridgehead atoms. The molecule has 1 amide bonds. The predicted molar refractivity (Wildman–Crippen MR) is 74.2 cm³/mol. The van der Waals surface area contributed by atoms with E-state index in [1.54, 1.807) is 6.07 Å². The number of rotatable bonds is 7. The summed E-state index contributed by atoms with van der Waals surface area (Å²) in [5.41, 5.74) is 0.695. The summed E-state index contributed by atoms with van der Waals surface area (Å²) in [5, 5.41) is 2.39. The molecule has 0 aliphatic heterocycles. The maximum Gasteiger partial charge on any atom is 0.411 e. The molecule has 5 nitrogen and oxygen atoms in total. The third kappa shape index (κ3) is 7.99. The largest absolute Gasteiger partial charge is 0.411 e. The van der Waals surface area contributed by atoms with Crippen molar-refractivity contribution in [3.8, 4) is 0 Å². The van der Waals surface area contributed by atoms with Crippen molar-refractivity contribution in [3.05, 3.63) is 35.4 Å². The first-order valence-electron chi connectivity index (χ1n) is 6.26. The summed E-state index contributed by atoms with van der Waals surface area (Å²) in [6.45, 7) is -1.72. The third-order valence-corrected chi connectivity index (χ3v) is 3.27. The van der Waals surface area contributed by atoms with E-state index in [4.69, 9.17) is 0 Å². The van der Waals surface area contributed by atoms with Gasteiger partial charge in [-0.2, -0.15) is 13.2 Å². The SMILES string of the molecule is CS(=O)(=O)Cc1cccc(C(=O)NCCOCC(F)(F)F)c1. The molecule has 0 unspecified atom stereocenters. The van der Waals surface area contributed by atoms with Crippen molar-refractivity contribution in [1.29, 1.82) is 0 Å². The minimum Gasteiger partial charge on any atom is -0.370 e. The highest BCUT2D eigenvalue weighted by Gasteiger charge is 2.27. The van der Waals surface area contributed by atoms with Crippen molar-refractivity contribution in [2.75, 3.05) is 26.0 Å². The van der Waals surface area contributed by atoms with Crippen LogP contribution in [0, 0.1) is 0 Å². The van der Waals surface area contributed by atoms with Crippen LogP contribution in [0.15, 0.2) is 24.3 Å². The van der Waals surface area contributed by atoms with E-state index in [0.29, 0.717) is 5.56 Å². The minimum absolute atomic E-state index is 0.0782. The summed E-state index contributed by atoms with van der Waals surface area (Å²) in [5.74, 6) is -0.700. The summed E-state index contributed by atoms with van der Waals surface area (Å²) in [4.78, 5) is 11.8. The van der Waals surface area contributed by atoms with E-state index in [1.807, 2.05) is 0 Å². The Morgan fingerprint density at radius 1 is 1.32 bits per heavy atom. The van der Waals surface area contributed by atoms with Crippen molar-refractivity contribution < 1.29 is 31.1 Å². The number of amides is 1. The number of carbonyl (C=O) groups excluding carboxylic acids is 1. The molecule has 1 N–H and O–H groups in total. The molecule has 0 saturated heterocycles. The molecule has 0 aliphatic rings. The van der Waals surface area contributed by atoms with E-state index in [-0.39, 0.29) is 24.5 Å². The first-order valence-corrected chi connectivity index (χ1v) is 8.32. The highest BCUT2D eigenvalue weighted by molar-refractivity contribution is 7.89. The average Bonchev–Trinajstić information content (AvgIpc) is 2.35. The van der Waals surface area contributed by atoms with E-state index in [2.05, 4.69) is 10.1 Å². The van der Waals surface area contributed by atoms with Gasteiger partial charge in [-0.15, -0.1) is 0 Å². The van der Waals surface area contributed by atoms with E-state index in [1.165, 1.54) is 18.2 Å². The first-order chi connectivity index (χ1) is 10.1. The topological polar surface area (TPSA) is 72.5 Å². The fourth-order valence-electron chi connectivity index (χ4n) is 1.63. The molecule has 0 aromatic heterocycles. The Labute approximate surface area is 126 Å². The number of halogens is 3. The highest BCUT2D eigenvalue weighted by atomic mass is 32.2. The van der Waals surface area contributed by atoms with Crippen molar-refractivity contribution in [3.63, 3.8) is 0 Å². The second-order valence-electron chi connectivity index (χ2n) is 4.69. The maximum atomic E-state index is 11.8. The van der Waals surface area contributed by atoms with Crippen LogP contribution < -0.4 is 5.32 Å². The van der Waals surface area contributed by atoms with Crippen LogP contribution in [0.4, 0.5) is 13.2 Å². The second kappa shape index (κ2) is 7.59. The van der Waals surface area contributed by atoms with E-state index in [9.17, 15) is 26.4 Å². The first kappa shape index (κ1) is 18.4. The summed E-state index contributed by atoms with van der Waals surface area (Å²) < 4.78 is 62.2. The molecule has 1 rings (SSSR count). The average molecular weight is 339 g/mol. The van der Waals surface area contributed by atoms with Crippen LogP contribution in [0.25, 0.3) is 0 Å². The lowest BCUT2D eigenvalue weighted by molar-refractivity contribution is -0.173. The van der Waals surface area contributed by atoms with Crippen molar-refractivity contribution in [2.24, 2.45) is 0 Å². The highest BCUT2D eigenvalue weighted by Crippen LogP contribution is 2.14. The van der Waals surface area contributed by atoms with Gasteiger partial charge in [0.05, 0.1) is 12.4 Å². The molecule has 0 spiro atoms. The predicted octanol–water partition coefficient (Wildman–Crippen LogP) is 1.54. The van der Waals surface area contributed by atoms with E-state index >= 15 is 0 Å². The number of benzene rings is 1. The standard InChI is InChI=1S/C13H16F3NO4S/c1-22(19,20)8-10-3-2-4-11(7-10)12(18)17-5-6-21-9-13(14,15)16/h2-4,7H,5-6,8-9H2,1H3,(H,17,18). The molecule has 9 heteroatoms. The van der Waals surface area contributed by atoms with Gasteiger partial charge in [-0.05, 0) is 17.7 Å². The molecule has 0 atom stereocenters. The molecule has 0 saturated carbocycles. The van der Waals surface area contributed by atoms with Gasteiger partial charge in [-0.25, -0.2) is 8.42 Å². The van der Waals surface area contributed by atoms with Crippen molar-refractivity contribution in [2.45, 2.75) is 11.9 Å². The van der Waals surface area contributed by atoms with Crippen LogP contribution in [-0.2, 0) is 20.3 Å². The quantitative estimate of drug-likeness (QED) is 0.765. The maximum absolute atomic E-state index is 11.8. The Kier molecular flexibility index (Phi) is 6.36. The fraction of sp³-hybridized carbons (Fsp3) is 0.462. The van der Waals surface area contributed by atoms with E-state index in [0.717, 1.165) is 6.26 Å². The lowest BCUT2D eigenvalue weighted by atomic mass is 10.1. The second-order valence-corrected chi connectivity index (χ2v) is 6.83. The Balaban J connectivity index is 2.47. The third-order valence-electron chi connectivity index (χ3n) is 2.42. The summed E-state index contributed by atoms with van der Waals surface area (Å²) in [6.07, 6.45) is -3.32. The number of hydrogen-bond acceptors (Lipinski definition) is 4. The lowest BCUT2D eigenvalue weighted by Gasteiger charge is -2.09. The van der Waals surface area contributed by atoms with Gasteiger partial charge in [0.1, 0.15) is 6.61 Å². The molecular weight excluding hydrogens is 323 g/mol. The van der Waals surface area contributed by atoms with Gasteiger partial charge in [0.25, 0.3) is 5.91 Å². The van der Waals surface area contributed by atoms with Gasteiger partial charge in [0.15, 0.2) is 9.84 Å². The number of hydrogen-bond donors (Lipinski definition) is 1. The zero-order chi connectivity index (χ0) is 16.8.